The first-order valence-electron chi connectivity index (χ1n) is 6.08. The van der Waals surface area contributed by atoms with Gasteiger partial charge in [-0.05, 0) is 17.6 Å². The molecule has 0 saturated carbocycles. The predicted molar refractivity (Wildman–Crippen MR) is 76.4 cm³/mol. The number of halogens is 1. The topological polar surface area (TPSA) is 40.5 Å². The summed E-state index contributed by atoms with van der Waals surface area (Å²) in [7, 11) is -1.45. The molecule has 1 aliphatic carbocycles. The lowest BCUT2D eigenvalue weighted by molar-refractivity contribution is 0.381. The zero-order chi connectivity index (χ0) is 13.2. The molecule has 0 amide bonds. The van der Waals surface area contributed by atoms with Gasteiger partial charge in [-0.15, -0.1) is 11.6 Å². The molecule has 2 atom stereocenters. The van der Waals surface area contributed by atoms with Gasteiger partial charge in [-0.1, -0.05) is 55.5 Å². The summed E-state index contributed by atoms with van der Waals surface area (Å²) in [6.45, 7) is 1.94. The molecule has 2 unspecified atom stereocenters. The second-order valence-electron chi connectivity index (χ2n) is 4.54. The summed E-state index contributed by atoms with van der Waals surface area (Å²) in [6.07, 6.45) is 6.30. The maximum absolute atomic E-state index is 9.50. The molecule has 1 aromatic rings. The molecule has 0 bridgehead atoms. The molecule has 0 radical (unpaired) electrons. The van der Waals surface area contributed by atoms with Gasteiger partial charge in [0.1, 0.15) is 0 Å². The third kappa shape index (κ3) is 2.53. The van der Waals surface area contributed by atoms with Crippen molar-refractivity contribution in [3.05, 3.63) is 54.1 Å². The number of hydrogen-bond donors (Lipinski definition) is 2. The highest BCUT2D eigenvalue weighted by molar-refractivity contribution is 6.48. The number of hydrogen-bond acceptors (Lipinski definition) is 2. The molecule has 0 heterocycles. The van der Waals surface area contributed by atoms with Gasteiger partial charge >= 0.3 is 7.12 Å². The molecule has 0 aliphatic heterocycles. The van der Waals surface area contributed by atoms with E-state index in [9.17, 15) is 10.0 Å². The summed E-state index contributed by atoms with van der Waals surface area (Å²) < 4.78 is 0. The molecule has 0 saturated heterocycles. The molecule has 1 aromatic carbocycles. The Hall–Kier alpha value is -1.03. The predicted octanol–water partition coefficient (Wildman–Crippen LogP) is 2.87. The minimum Gasteiger partial charge on any atom is -0.427 e. The zero-order valence-electron chi connectivity index (χ0n) is 10.3. The smallest absolute Gasteiger partial charge is 0.427 e. The van der Waals surface area contributed by atoms with E-state index < -0.39 is 17.8 Å². The third-order valence-electron chi connectivity index (χ3n) is 3.42. The van der Waals surface area contributed by atoms with Crippen molar-refractivity contribution in [3.63, 3.8) is 0 Å². The Morgan fingerprint density at radius 2 is 1.94 bits per heavy atom. The number of rotatable bonds is 3. The molecule has 4 heteroatoms. The van der Waals surface area contributed by atoms with Gasteiger partial charge in [0.25, 0.3) is 0 Å². The minimum atomic E-state index is -1.45. The van der Waals surface area contributed by atoms with Gasteiger partial charge in [0.05, 0.1) is 4.87 Å². The van der Waals surface area contributed by atoms with Crippen LogP contribution in [-0.4, -0.2) is 22.0 Å². The Kier molecular flexibility index (Phi) is 3.95. The molecule has 2 rings (SSSR count). The van der Waals surface area contributed by atoms with Crippen LogP contribution in [0.3, 0.4) is 0 Å². The molecule has 0 aromatic heterocycles. The van der Waals surface area contributed by atoms with E-state index in [2.05, 4.69) is 0 Å². The summed E-state index contributed by atoms with van der Waals surface area (Å²) in [5.41, 5.74) is 2.02. The van der Waals surface area contributed by atoms with E-state index in [-0.39, 0.29) is 0 Å². The normalized spacial score (nSPS) is 26.9. The van der Waals surface area contributed by atoms with Crippen molar-refractivity contribution in [1.82, 2.24) is 0 Å². The van der Waals surface area contributed by atoms with Crippen LogP contribution in [-0.2, 0) is 0 Å². The highest BCUT2D eigenvalue weighted by Crippen LogP contribution is 2.42. The van der Waals surface area contributed by atoms with Gasteiger partial charge in [0, 0.05) is 5.82 Å². The Labute approximate surface area is 113 Å². The minimum absolute atomic E-state index is 0.496. The van der Waals surface area contributed by atoms with Crippen molar-refractivity contribution in [3.8, 4) is 0 Å². The maximum atomic E-state index is 9.50. The fourth-order valence-corrected chi connectivity index (χ4v) is 2.48. The van der Waals surface area contributed by atoms with E-state index in [0.717, 1.165) is 11.1 Å². The Morgan fingerprint density at radius 3 is 2.50 bits per heavy atom. The van der Waals surface area contributed by atoms with Crippen LogP contribution in [0.25, 0.3) is 5.57 Å². The second-order valence-corrected chi connectivity index (χ2v) is 5.24. The molecular formula is C14H16BClO2. The number of alkyl halides is 1. The Bertz CT molecular complexity index is 470. The van der Waals surface area contributed by atoms with Crippen molar-refractivity contribution < 1.29 is 10.0 Å². The van der Waals surface area contributed by atoms with Crippen molar-refractivity contribution in [1.29, 1.82) is 0 Å². The lowest BCUT2D eigenvalue weighted by atomic mass is 9.61. The lowest BCUT2D eigenvalue weighted by Gasteiger charge is -2.33. The van der Waals surface area contributed by atoms with E-state index in [1.54, 1.807) is 0 Å². The monoisotopic (exact) mass is 262 g/mol. The summed E-state index contributed by atoms with van der Waals surface area (Å²) >= 11 is 6.42. The molecule has 94 valence electrons. The largest absolute Gasteiger partial charge is 0.460 e. The van der Waals surface area contributed by atoms with Gasteiger partial charge in [0.2, 0.25) is 0 Å². The van der Waals surface area contributed by atoms with Crippen LogP contribution in [0.4, 0.5) is 0 Å². The molecule has 18 heavy (non-hydrogen) atoms. The van der Waals surface area contributed by atoms with E-state index in [4.69, 9.17) is 11.6 Å². The van der Waals surface area contributed by atoms with Crippen LogP contribution in [0.15, 0.2) is 48.6 Å². The van der Waals surface area contributed by atoms with Gasteiger partial charge in [0.15, 0.2) is 0 Å². The van der Waals surface area contributed by atoms with Gasteiger partial charge in [-0.25, -0.2) is 0 Å². The standard InChI is InChI=1S/C14H16BClO2/c1-2-14(16)9-8-12(10-13(14)15(17)18)11-6-4-3-5-7-11/h3-10,13,17-18H,2H2,1H3. The molecule has 2 N–H and O–H groups in total. The number of allylic oxidation sites excluding steroid dienone is 4. The quantitative estimate of drug-likeness (QED) is 0.649. The first kappa shape index (κ1) is 13.4. The summed E-state index contributed by atoms with van der Waals surface area (Å²) in [6, 6.07) is 9.84. The average Bonchev–Trinajstić information content (AvgIpc) is 2.40. The second kappa shape index (κ2) is 5.31. The summed E-state index contributed by atoms with van der Waals surface area (Å²) in [4.78, 5) is -0.716. The maximum Gasteiger partial charge on any atom is 0.460 e. The zero-order valence-corrected chi connectivity index (χ0v) is 11.0. The fourth-order valence-electron chi connectivity index (χ4n) is 2.24. The molecular weight excluding hydrogens is 246 g/mol. The Balaban J connectivity index is 2.37. The molecule has 2 nitrogen and oxygen atoms in total. The van der Waals surface area contributed by atoms with Crippen molar-refractivity contribution >= 4 is 24.3 Å². The van der Waals surface area contributed by atoms with E-state index >= 15 is 0 Å². The van der Waals surface area contributed by atoms with Crippen molar-refractivity contribution in [2.45, 2.75) is 24.0 Å². The fraction of sp³-hybridized carbons (Fsp3) is 0.286. The first-order valence-corrected chi connectivity index (χ1v) is 6.46. The van der Waals surface area contributed by atoms with E-state index in [1.165, 1.54) is 0 Å². The Morgan fingerprint density at radius 1 is 1.28 bits per heavy atom. The highest BCUT2D eigenvalue weighted by atomic mass is 35.5. The van der Waals surface area contributed by atoms with Gasteiger partial charge in [-0.2, -0.15) is 0 Å². The van der Waals surface area contributed by atoms with Crippen LogP contribution < -0.4 is 0 Å². The molecule has 1 aliphatic rings. The highest BCUT2D eigenvalue weighted by Gasteiger charge is 2.41. The van der Waals surface area contributed by atoms with Crippen LogP contribution in [0.5, 0.6) is 0 Å². The van der Waals surface area contributed by atoms with Gasteiger partial charge < -0.3 is 10.0 Å². The summed E-state index contributed by atoms with van der Waals surface area (Å²) in [5, 5.41) is 19.0. The SMILES string of the molecule is CCC1(Cl)C=CC(c2ccccc2)=CC1B(O)O. The molecule has 0 fully saturated rings. The summed E-state index contributed by atoms with van der Waals surface area (Å²) in [5.74, 6) is -0.496. The van der Waals surface area contributed by atoms with E-state index in [0.29, 0.717) is 6.42 Å². The molecule has 0 spiro atoms. The van der Waals surface area contributed by atoms with Crippen molar-refractivity contribution in [2.24, 2.45) is 0 Å². The van der Waals surface area contributed by atoms with Crippen LogP contribution in [0, 0.1) is 0 Å². The van der Waals surface area contributed by atoms with Crippen molar-refractivity contribution in [2.75, 3.05) is 0 Å². The van der Waals surface area contributed by atoms with Gasteiger partial charge in [-0.3, -0.25) is 0 Å². The van der Waals surface area contributed by atoms with Crippen LogP contribution >= 0.6 is 11.6 Å². The van der Waals surface area contributed by atoms with Crippen LogP contribution in [0.1, 0.15) is 18.9 Å². The van der Waals surface area contributed by atoms with E-state index in [1.807, 2.05) is 55.5 Å². The first-order chi connectivity index (χ1) is 8.57. The third-order valence-corrected chi connectivity index (χ3v) is 4.07. The number of benzene rings is 1. The average molecular weight is 263 g/mol. The lowest BCUT2D eigenvalue weighted by Crippen LogP contribution is -2.36. The van der Waals surface area contributed by atoms with Crippen LogP contribution in [0.2, 0.25) is 5.82 Å².